The molecule has 1 aliphatic heterocycles. The van der Waals surface area contributed by atoms with E-state index in [1.54, 1.807) is 6.92 Å². The first kappa shape index (κ1) is 14.3. The fraction of sp³-hybridized carbons (Fsp3) is 0.636. The van der Waals surface area contributed by atoms with Gasteiger partial charge >= 0.3 is 5.97 Å². The van der Waals surface area contributed by atoms with Crippen LogP contribution in [-0.4, -0.2) is 43.5 Å². The molecule has 1 aromatic heterocycles. The summed E-state index contributed by atoms with van der Waals surface area (Å²) in [5, 5.41) is 3.69. The molecule has 0 aliphatic carbocycles. The topological polar surface area (TPSA) is 85.4 Å². The van der Waals surface area contributed by atoms with Crippen molar-refractivity contribution in [3.8, 4) is 0 Å². The van der Waals surface area contributed by atoms with Crippen molar-refractivity contribution >= 4 is 32.3 Å². The molecule has 0 amide bonds. The first-order valence-corrected chi connectivity index (χ1v) is 8.43. The van der Waals surface area contributed by atoms with Crippen molar-refractivity contribution < 1.29 is 17.9 Å². The Hall–Kier alpha value is -1.15. The van der Waals surface area contributed by atoms with Gasteiger partial charge in [-0.2, -0.15) is 0 Å². The molecule has 1 atom stereocenters. The Balaban J connectivity index is 2.19. The van der Waals surface area contributed by atoms with E-state index in [1.807, 2.05) is 6.92 Å². The van der Waals surface area contributed by atoms with Gasteiger partial charge in [-0.15, -0.1) is 0 Å². The number of esters is 1. The maximum Gasteiger partial charge on any atom is 0.350 e. The van der Waals surface area contributed by atoms with Crippen molar-refractivity contribution in [2.75, 3.05) is 23.9 Å². The molecule has 1 N–H and O–H groups in total. The van der Waals surface area contributed by atoms with E-state index < -0.39 is 21.3 Å². The number of anilines is 1. The number of sulfone groups is 1. The number of hydrogen-bond donors (Lipinski definition) is 1. The molecular formula is C11H16N2O4S2. The van der Waals surface area contributed by atoms with Gasteiger partial charge in [0.2, 0.25) is 0 Å². The van der Waals surface area contributed by atoms with Crippen molar-refractivity contribution in [2.24, 2.45) is 0 Å². The fourth-order valence-electron chi connectivity index (χ4n) is 2.10. The molecule has 8 heteroatoms. The minimum absolute atomic E-state index is 0.0895. The minimum Gasteiger partial charge on any atom is -0.465 e. The highest BCUT2D eigenvalue weighted by molar-refractivity contribution is 7.91. The van der Waals surface area contributed by atoms with Crippen LogP contribution in [0, 0.1) is 6.92 Å². The molecule has 19 heavy (non-hydrogen) atoms. The van der Waals surface area contributed by atoms with Crippen LogP contribution in [0.4, 0.5) is 5.13 Å². The molecule has 0 spiro atoms. The van der Waals surface area contributed by atoms with Gasteiger partial charge in [0, 0.05) is 0 Å². The molecule has 1 aliphatic rings. The number of methoxy groups -OCH3 is 1. The van der Waals surface area contributed by atoms with E-state index in [9.17, 15) is 13.2 Å². The summed E-state index contributed by atoms with van der Waals surface area (Å²) in [4.78, 5) is 16.2. The zero-order chi connectivity index (χ0) is 14.3. The second-order valence-corrected chi connectivity index (χ2v) is 8.14. The third-order valence-electron chi connectivity index (χ3n) is 3.08. The Labute approximate surface area is 116 Å². The molecule has 0 saturated carbocycles. The molecule has 2 rings (SSSR count). The van der Waals surface area contributed by atoms with E-state index >= 15 is 0 Å². The van der Waals surface area contributed by atoms with Gasteiger partial charge in [-0.05, 0) is 20.3 Å². The van der Waals surface area contributed by atoms with Gasteiger partial charge in [-0.25, -0.2) is 18.2 Å². The van der Waals surface area contributed by atoms with Crippen molar-refractivity contribution in [3.63, 3.8) is 0 Å². The number of carbonyl (C=O) groups excluding carboxylic acids is 1. The van der Waals surface area contributed by atoms with Crippen LogP contribution in [-0.2, 0) is 14.6 Å². The summed E-state index contributed by atoms with van der Waals surface area (Å²) in [5.74, 6) is -0.149. The van der Waals surface area contributed by atoms with Crippen molar-refractivity contribution in [1.29, 1.82) is 0 Å². The van der Waals surface area contributed by atoms with Gasteiger partial charge in [-0.3, -0.25) is 0 Å². The smallest absolute Gasteiger partial charge is 0.350 e. The summed E-state index contributed by atoms with van der Waals surface area (Å²) in [6, 6.07) is 0. The van der Waals surface area contributed by atoms with E-state index in [0.29, 0.717) is 22.1 Å². The van der Waals surface area contributed by atoms with E-state index in [4.69, 9.17) is 0 Å². The molecule has 1 fully saturated rings. The third kappa shape index (κ3) is 3.06. The molecule has 0 aromatic carbocycles. The number of ether oxygens (including phenoxy) is 1. The maximum absolute atomic E-state index is 11.5. The molecule has 106 valence electrons. The van der Waals surface area contributed by atoms with E-state index in [1.165, 1.54) is 18.4 Å². The largest absolute Gasteiger partial charge is 0.465 e. The van der Waals surface area contributed by atoms with Crippen LogP contribution in [0.15, 0.2) is 0 Å². The van der Waals surface area contributed by atoms with Crippen LogP contribution < -0.4 is 5.32 Å². The van der Waals surface area contributed by atoms with Crippen LogP contribution in [0.5, 0.6) is 0 Å². The quantitative estimate of drug-likeness (QED) is 0.845. The third-order valence-corrected chi connectivity index (χ3v) is 6.04. The average molecular weight is 304 g/mol. The van der Waals surface area contributed by atoms with Crippen molar-refractivity contribution in [1.82, 2.24) is 4.98 Å². The van der Waals surface area contributed by atoms with E-state index in [0.717, 1.165) is 0 Å². The summed E-state index contributed by atoms with van der Waals surface area (Å²) < 4.78 is 27.7. The molecule has 1 aromatic rings. The first-order chi connectivity index (χ1) is 8.75. The second-order valence-electron chi connectivity index (χ2n) is 4.95. The Morgan fingerprint density at radius 3 is 2.74 bits per heavy atom. The molecule has 1 unspecified atom stereocenters. The van der Waals surface area contributed by atoms with Gasteiger partial charge in [0.05, 0.1) is 29.8 Å². The Kier molecular flexibility index (Phi) is 3.57. The molecule has 1 saturated heterocycles. The summed E-state index contributed by atoms with van der Waals surface area (Å²) in [5.41, 5.74) is 0.0695. The van der Waals surface area contributed by atoms with E-state index in [2.05, 4.69) is 15.0 Å². The molecule has 6 nitrogen and oxygen atoms in total. The monoisotopic (exact) mass is 304 g/mol. The Bertz CT molecular complexity index is 608. The number of hydrogen-bond acceptors (Lipinski definition) is 7. The van der Waals surface area contributed by atoms with Crippen molar-refractivity contribution in [2.45, 2.75) is 25.8 Å². The molecule has 0 bridgehead atoms. The maximum atomic E-state index is 11.5. The predicted molar refractivity (Wildman–Crippen MR) is 73.5 cm³/mol. The van der Waals surface area contributed by atoms with Crippen LogP contribution in [0.3, 0.4) is 0 Å². The van der Waals surface area contributed by atoms with Crippen LogP contribution in [0.25, 0.3) is 0 Å². The Morgan fingerprint density at radius 2 is 2.21 bits per heavy atom. The number of aryl methyl sites for hydroxylation is 1. The number of nitrogens with zero attached hydrogens (tertiary/aromatic N) is 1. The van der Waals surface area contributed by atoms with E-state index in [-0.39, 0.29) is 11.5 Å². The lowest BCUT2D eigenvalue weighted by molar-refractivity contribution is 0.0605. The van der Waals surface area contributed by atoms with Gasteiger partial charge < -0.3 is 10.1 Å². The highest BCUT2D eigenvalue weighted by atomic mass is 32.2. The average Bonchev–Trinajstić information content (AvgIpc) is 2.78. The number of carbonyl (C=O) groups is 1. The lowest BCUT2D eigenvalue weighted by Crippen LogP contribution is -2.35. The molecule has 2 heterocycles. The van der Waals surface area contributed by atoms with Gasteiger partial charge in [0.15, 0.2) is 15.0 Å². The summed E-state index contributed by atoms with van der Waals surface area (Å²) >= 11 is 1.19. The predicted octanol–water partition coefficient (Wildman–Crippen LogP) is 1.23. The zero-order valence-corrected chi connectivity index (χ0v) is 12.7. The van der Waals surface area contributed by atoms with Gasteiger partial charge in [-0.1, -0.05) is 11.3 Å². The highest BCUT2D eigenvalue weighted by Crippen LogP contribution is 2.31. The lowest BCUT2D eigenvalue weighted by Gasteiger charge is -2.23. The minimum atomic E-state index is -2.98. The van der Waals surface area contributed by atoms with Gasteiger partial charge in [0.1, 0.15) is 4.88 Å². The number of thiazole rings is 1. The van der Waals surface area contributed by atoms with Gasteiger partial charge in [0.25, 0.3) is 0 Å². The highest BCUT2D eigenvalue weighted by Gasteiger charge is 2.39. The molecule has 0 radical (unpaired) electrons. The number of aromatic nitrogens is 1. The fourth-order valence-corrected chi connectivity index (χ4v) is 5.23. The SMILES string of the molecule is COC(=O)c1sc(NC2(C)CCS(=O)(=O)C2)nc1C. The lowest BCUT2D eigenvalue weighted by atomic mass is 10.0. The second kappa shape index (κ2) is 4.75. The standard InChI is InChI=1S/C11H16N2O4S2/c1-7-8(9(14)17-3)18-10(12-7)13-11(2)4-5-19(15,16)6-11/h4-6H2,1-3H3,(H,12,13). The first-order valence-electron chi connectivity index (χ1n) is 5.79. The number of nitrogens with one attached hydrogen (secondary N) is 1. The van der Waals surface area contributed by atoms with Crippen LogP contribution in [0.2, 0.25) is 0 Å². The summed E-state index contributed by atoms with van der Waals surface area (Å²) in [6.45, 7) is 3.58. The molecular weight excluding hydrogens is 288 g/mol. The Morgan fingerprint density at radius 1 is 1.53 bits per heavy atom. The zero-order valence-electron chi connectivity index (χ0n) is 11.0. The summed E-state index contributed by atoms with van der Waals surface area (Å²) in [6.07, 6.45) is 0.543. The van der Waals surface area contributed by atoms with Crippen LogP contribution in [0.1, 0.15) is 28.7 Å². The van der Waals surface area contributed by atoms with Crippen LogP contribution >= 0.6 is 11.3 Å². The normalized spacial score (nSPS) is 25.2. The van der Waals surface area contributed by atoms with Crippen molar-refractivity contribution in [3.05, 3.63) is 10.6 Å². The summed E-state index contributed by atoms with van der Waals surface area (Å²) in [7, 11) is -1.66. The number of rotatable bonds is 3.